The van der Waals surface area contributed by atoms with Crippen LogP contribution in [0.1, 0.15) is 29.8 Å². The Hall–Kier alpha value is -1.38. The number of carbonyl (C=O) groups excluding carboxylic acids is 1. The highest BCUT2D eigenvalue weighted by molar-refractivity contribution is 5.88. The van der Waals surface area contributed by atoms with Crippen LogP contribution in [0.15, 0.2) is 18.5 Å². The first-order valence-corrected chi connectivity index (χ1v) is 4.24. The van der Waals surface area contributed by atoms with Gasteiger partial charge in [0, 0.05) is 12.4 Å². The molecule has 0 fully saturated rings. The second-order valence-electron chi connectivity index (χ2n) is 2.24. The number of hydrogen-bond acceptors (Lipinski definition) is 3. The minimum atomic E-state index is -0.346. The van der Waals surface area contributed by atoms with E-state index in [2.05, 4.69) is 9.72 Å². The number of ether oxygens (including phenoxy) is 1. The molecule has 0 atom stereocenters. The average molecular weight is 181 g/mol. The number of hydrogen-bond donors (Lipinski definition) is 0. The number of aryl methyl sites for hydroxylation is 1. The maximum atomic E-state index is 10.9. The summed E-state index contributed by atoms with van der Waals surface area (Å²) in [6, 6.07) is 1.73. The molecule has 0 aromatic carbocycles. The van der Waals surface area contributed by atoms with Crippen LogP contribution < -0.4 is 0 Å². The van der Waals surface area contributed by atoms with Crippen molar-refractivity contribution >= 4 is 5.97 Å². The smallest absolute Gasteiger partial charge is 0.339 e. The normalized spacial score (nSPS) is 8.31. The molecule has 0 aliphatic heterocycles. The molecule has 1 aromatic heterocycles. The average Bonchev–Trinajstić information content (AvgIpc) is 2.20. The van der Waals surface area contributed by atoms with Gasteiger partial charge in [-0.2, -0.15) is 0 Å². The zero-order chi connectivity index (χ0) is 10.3. The number of methoxy groups -OCH3 is 1. The second-order valence-corrected chi connectivity index (χ2v) is 2.24. The van der Waals surface area contributed by atoms with Crippen molar-refractivity contribution in [3.05, 3.63) is 29.6 Å². The number of carbonyl (C=O) groups is 1. The first-order chi connectivity index (χ1) is 6.24. The van der Waals surface area contributed by atoms with E-state index in [1.165, 1.54) is 13.3 Å². The van der Waals surface area contributed by atoms with Gasteiger partial charge in [0.2, 0.25) is 0 Å². The first-order valence-electron chi connectivity index (χ1n) is 4.24. The molecule has 0 radical (unpaired) electrons. The quantitative estimate of drug-likeness (QED) is 0.623. The summed E-state index contributed by atoms with van der Waals surface area (Å²) in [5, 5.41) is 0. The molecule has 3 nitrogen and oxygen atoms in total. The number of aromatic nitrogens is 1. The van der Waals surface area contributed by atoms with Crippen molar-refractivity contribution in [1.29, 1.82) is 0 Å². The summed E-state index contributed by atoms with van der Waals surface area (Å²) in [5.74, 6) is -0.346. The molecule has 0 unspecified atom stereocenters. The predicted octanol–water partition coefficient (Wildman–Crippen LogP) is 2.20. The minimum absolute atomic E-state index is 0.346. The van der Waals surface area contributed by atoms with E-state index in [-0.39, 0.29) is 5.97 Å². The van der Waals surface area contributed by atoms with E-state index in [0.29, 0.717) is 5.56 Å². The summed E-state index contributed by atoms with van der Waals surface area (Å²) >= 11 is 0. The molecule has 0 spiro atoms. The molecule has 0 N–H and O–H groups in total. The molecular formula is C10H15NO2. The Morgan fingerprint density at radius 2 is 2.00 bits per heavy atom. The van der Waals surface area contributed by atoms with Crippen LogP contribution in [0.3, 0.4) is 0 Å². The number of pyridine rings is 1. The molecule has 1 heterocycles. The third kappa shape index (κ3) is 3.69. The van der Waals surface area contributed by atoms with Crippen LogP contribution in [-0.4, -0.2) is 18.1 Å². The molecule has 0 aliphatic rings. The van der Waals surface area contributed by atoms with Gasteiger partial charge in [0.05, 0.1) is 12.7 Å². The van der Waals surface area contributed by atoms with Gasteiger partial charge in [-0.1, -0.05) is 13.8 Å². The number of rotatable bonds is 1. The maximum Gasteiger partial charge on any atom is 0.339 e. The molecule has 0 amide bonds. The standard InChI is InChI=1S/C8H9NO2.C2H6/c1-6-3-7(5-9-4-6)8(10)11-2;1-2/h3-5H,1-2H3;1-2H3. The fourth-order valence-corrected chi connectivity index (χ4v) is 0.784. The lowest BCUT2D eigenvalue weighted by molar-refractivity contribution is 0.0600. The molecular weight excluding hydrogens is 166 g/mol. The highest BCUT2D eigenvalue weighted by atomic mass is 16.5. The van der Waals surface area contributed by atoms with Crippen molar-refractivity contribution in [2.45, 2.75) is 20.8 Å². The summed E-state index contributed by atoms with van der Waals surface area (Å²) < 4.78 is 4.51. The number of nitrogens with zero attached hydrogens (tertiary/aromatic N) is 1. The van der Waals surface area contributed by atoms with E-state index in [0.717, 1.165) is 5.56 Å². The Labute approximate surface area is 78.8 Å². The summed E-state index contributed by atoms with van der Waals surface area (Å²) in [6.45, 7) is 5.87. The summed E-state index contributed by atoms with van der Waals surface area (Å²) in [4.78, 5) is 14.8. The summed E-state index contributed by atoms with van der Waals surface area (Å²) in [5.41, 5.74) is 1.44. The van der Waals surface area contributed by atoms with E-state index in [9.17, 15) is 4.79 Å². The predicted molar refractivity (Wildman–Crippen MR) is 51.7 cm³/mol. The van der Waals surface area contributed by atoms with E-state index >= 15 is 0 Å². The Morgan fingerprint density at radius 3 is 2.46 bits per heavy atom. The maximum absolute atomic E-state index is 10.9. The Bertz CT molecular complexity index is 271. The van der Waals surface area contributed by atoms with Crippen molar-refractivity contribution in [2.24, 2.45) is 0 Å². The van der Waals surface area contributed by atoms with Crippen molar-refractivity contribution in [2.75, 3.05) is 7.11 Å². The molecule has 3 heteroatoms. The highest BCUT2D eigenvalue weighted by Crippen LogP contribution is 2.01. The van der Waals surface area contributed by atoms with Gasteiger partial charge in [-0.25, -0.2) is 4.79 Å². The molecule has 13 heavy (non-hydrogen) atoms. The van der Waals surface area contributed by atoms with Crippen molar-refractivity contribution < 1.29 is 9.53 Å². The van der Waals surface area contributed by atoms with Crippen LogP contribution in [-0.2, 0) is 4.74 Å². The van der Waals surface area contributed by atoms with Crippen LogP contribution in [0.4, 0.5) is 0 Å². The lowest BCUT2D eigenvalue weighted by Gasteiger charge is -1.97. The van der Waals surface area contributed by atoms with Gasteiger partial charge in [-0.15, -0.1) is 0 Å². The topological polar surface area (TPSA) is 39.2 Å². The molecule has 72 valence electrons. The molecule has 0 aliphatic carbocycles. The largest absolute Gasteiger partial charge is 0.465 e. The van der Waals surface area contributed by atoms with Crippen LogP contribution in [0.5, 0.6) is 0 Å². The Kier molecular flexibility index (Phi) is 5.52. The first kappa shape index (κ1) is 11.6. The number of esters is 1. The van der Waals surface area contributed by atoms with Gasteiger partial charge in [0.25, 0.3) is 0 Å². The van der Waals surface area contributed by atoms with Crippen LogP contribution >= 0.6 is 0 Å². The van der Waals surface area contributed by atoms with Gasteiger partial charge in [-0.3, -0.25) is 4.98 Å². The molecule has 1 aromatic rings. The van der Waals surface area contributed by atoms with Gasteiger partial charge in [0.15, 0.2) is 0 Å². The van der Waals surface area contributed by atoms with Crippen molar-refractivity contribution in [1.82, 2.24) is 4.98 Å². The zero-order valence-electron chi connectivity index (χ0n) is 8.50. The highest BCUT2D eigenvalue weighted by Gasteiger charge is 2.03. The van der Waals surface area contributed by atoms with Gasteiger partial charge in [-0.05, 0) is 18.6 Å². The van der Waals surface area contributed by atoms with Crippen molar-refractivity contribution in [3.63, 3.8) is 0 Å². The lowest BCUT2D eigenvalue weighted by Crippen LogP contribution is -2.01. The van der Waals surface area contributed by atoms with E-state index in [1.807, 2.05) is 20.8 Å². The van der Waals surface area contributed by atoms with Crippen molar-refractivity contribution in [3.8, 4) is 0 Å². The lowest BCUT2D eigenvalue weighted by atomic mass is 10.2. The molecule has 0 saturated heterocycles. The van der Waals surface area contributed by atoms with Crippen LogP contribution in [0.25, 0.3) is 0 Å². The second kappa shape index (κ2) is 6.17. The third-order valence-corrected chi connectivity index (χ3v) is 1.30. The van der Waals surface area contributed by atoms with E-state index in [4.69, 9.17) is 0 Å². The van der Waals surface area contributed by atoms with Gasteiger partial charge >= 0.3 is 5.97 Å². The Balaban J connectivity index is 0.000000671. The van der Waals surface area contributed by atoms with Crippen LogP contribution in [0.2, 0.25) is 0 Å². The zero-order valence-corrected chi connectivity index (χ0v) is 8.50. The SMILES string of the molecule is CC.COC(=O)c1cncc(C)c1. The minimum Gasteiger partial charge on any atom is -0.465 e. The van der Waals surface area contributed by atoms with E-state index < -0.39 is 0 Å². The molecule has 0 saturated carbocycles. The van der Waals surface area contributed by atoms with E-state index in [1.54, 1.807) is 12.3 Å². The van der Waals surface area contributed by atoms with Gasteiger partial charge in [0.1, 0.15) is 0 Å². The monoisotopic (exact) mass is 181 g/mol. The van der Waals surface area contributed by atoms with Gasteiger partial charge < -0.3 is 4.74 Å². The van der Waals surface area contributed by atoms with Crippen LogP contribution in [0, 0.1) is 6.92 Å². The fraction of sp³-hybridized carbons (Fsp3) is 0.400. The summed E-state index contributed by atoms with van der Waals surface area (Å²) in [7, 11) is 1.35. The molecule has 0 bridgehead atoms. The Morgan fingerprint density at radius 1 is 1.38 bits per heavy atom. The molecule has 1 rings (SSSR count). The fourth-order valence-electron chi connectivity index (χ4n) is 0.784. The third-order valence-electron chi connectivity index (χ3n) is 1.30. The summed E-state index contributed by atoms with van der Waals surface area (Å²) in [6.07, 6.45) is 3.17.